The van der Waals surface area contributed by atoms with Crippen LogP contribution >= 0.6 is 0 Å². The van der Waals surface area contributed by atoms with Crippen molar-refractivity contribution in [1.29, 1.82) is 0 Å². The van der Waals surface area contributed by atoms with Gasteiger partial charge in [0.25, 0.3) is 0 Å². The third-order valence-electron chi connectivity index (χ3n) is 1.58. The Balaban J connectivity index is 3.54. The van der Waals surface area contributed by atoms with Crippen LogP contribution in [0.25, 0.3) is 0 Å². The Morgan fingerprint density at radius 2 is 2.00 bits per heavy atom. The van der Waals surface area contributed by atoms with Crippen molar-refractivity contribution in [1.82, 2.24) is 4.98 Å². The monoisotopic (exact) mass is 215 g/mol. The van der Waals surface area contributed by atoms with Gasteiger partial charge in [-0.25, -0.2) is 18.2 Å². The molecule has 0 spiro atoms. The summed E-state index contributed by atoms with van der Waals surface area (Å²) in [4.78, 5) is 14.4. The third kappa shape index (κ3) is 2.08. The number of pyridine rings is 1. The zero-order valence-corrected chi connectivity index (χ0v) is 8.50. The van der Waals surface area contributed by atoms with E-state index in [1.54, 1.807) is 6.92 Å². The standard InChI is InChI=1S/C8H9NO4S/c1-5-3-4-6(8(10)11)7(9-5)14(2,12)13/h3-4H,1-2H3,(H,10,11). The molecule has 76 valence electrons. The SMILES string of the molecule is Cc1ccc(C(=O)O)c(S(C)(=O)=O)n1. The van der Waals surface area contributed by atoms with Crippen LogP contribution in [0, 0.1) is 6.92 Å². The van der Waals surface area contributed by atoms with Gasteiger partial charge in [0.05, 0.1) is 5.56 Å². The van der Waals surface area contributed by atoms with Gasteiger partial charge in [0.15, 0.2) is 14.9 Å². The molecule has 1 rings (SSSR count). The highest BCUT2D eigenvalue weighted by Crippen LogP contribution is 2.13. The van der Waals surface area contributed by atoms with Gasteiger partial charge in [0, 0.05) is 11.9 Å². The molecule has 0 unspecified atom stereocenters. The number of hydrogen-bond acceptors (Lipinski definition) is 4. The van der Waals surface area contributed by atoms with E-state index >= 15 is 0 Å². The summed E-state index contributed by atoms with van der Waals surface area (Å²) in [7, 11) is -3.59. The molecule has 6 heteroatoms. The minimum atomic E-state index is -3.59. The molecule has 0 bridgehead atoms. The predicted molar refractivity (Wildman–Crippen MR) is 49.0 cm³/mol. The number of aryl methyl sites for hydroxylation is 1. The molecule has 0 aliphatic carbocycles. The minimum absolute atomic E-state index is 0.293. The Bertz CT molecular complexity index is 478. The van der Waals surface area contributed by atoms with E-state index < -0.39 is 15.8 Å². The van der Waals surface area contributed by atoms with Crippen LogP contribution in [0.5, 0.6) is 0 Å². The van der Waals surface area contributed by atoms with E-state index in [0.29, 0.717) is 5.69 Å². The summed E-state index contributed by atoms with van der Waals surface area (Å²) in [6, 6.07) is 2.69. The Morgan fingerprint density at radius 1 is 1.43 bits per heavy atom. The molecular formula is C8H9NO4S. The molecule has 1 heterocycles. The van der Waals surface area contributed by atoms with Crippen molar-refractivity contribution in [3.63, 3.8) is 0 Å². The molecule has 0 amide bonds. The molecular weight excluding hydrogens is 206 g/mol. The Hall–Kier alpha value is -1.43. The lowest BCUT2D eigenvalue weighted by atomic mass is 10.2. The smallest absolute Gasteiger partial charge is 0.338 e. The fourth-order valence-corrected chi connectivity index (χ4v) is 1.84. The van der Waals surface area contributed by atoms with Crippen LogP contribution in [0.4, 0.5) is 0 Å². The van der Waals surface area contributed by atoms with Gasteiger partial charge in [0.1, 0.15) is 0 Å². The summed E-state index contributed by atoms with van der Waals surface area (Å²) in [5.74, 6) is -1.29. The molecule has 0 atom stereocenters. The second-order valence-corrected chi connectivity index (χ2v) is 4.81. The van der Waals surface area contributed by atoms with E-state index in [1.165, 1.54) is 12.1 Å². The maximum absolute atomic E-state index is 11.2. The number of nitrogens with zero attached hydrogens (tertiary/aromatic N) is 1. The lowest BCUT2D eigenvalue weighted by Crippen LogP contribution is -2.10. The molecule has 1 N–H and O–H groups in total. The van der Waals surface area contributed by atoms with Crippen LogP contribution in [0.15, 0.2) is 17.2 Å². The Labute approximate surface area is 81.3 Å². The first kappa shape index (κ1) is 10.6. The van der Waals surface area contributed by atoms with Crippen LogP contribution in [-0.4, -0.2) is 30.7 Å². The lowest BCUT2D eigenvalue weighted by Gasteiger charge is -2.03. The second kappa shape index (κ2) is 3.38. The van der Waals surface area contributed by atoms with Crippen molar-refractivity contribution in [2.24, 2.45) is 0 Å². The molecule has 14 heavy (non-hydrogen) atoms. The number of sulfone groups is 1. The summed E-state index contributed by atoms with van der Waals surface area (Å²) in [5.41, 5.74) is 0.175. The summed E-state index contributed by atoms with van der Waals surface area (Å²) in [5, 5.41) is 8.33. The van der Waals surface area contributed by atoms with Crippen molar-refractivity contribution in [3.05, 3.63) is 23.4 Å². The van der Waals surface area contributed by atoms with Crippen LogP contribution in [0.2, 0.25) is 0 Å². The Morgan fingerprint density at radius 3 is 2.43 bits per heavy atom. The van der Waals surface area contributed by atoms with Gasteiger partial charge >= 0.3 is 5.97 Å². The maximum atomic E-state index is 11.2. The molecule has 0 saturated carbocycles. The van der Waals surface area contributed by atoms with Crippen LogP contribution in [-0.2, 0) is 9.84 Å². The van der Waals surface area contributed by atoms with Crippen molar-refractivity contribution in [2.45, 2.75) is 11.9 Å². The van der Waals surface area contributed by atoms with Crippen molar-refractivity contribution in [3.8, 4) is 0 Å². The van der Waals surface area contributed by atoms with Gasteiger partial charge in [0.2, 0.25) is 0 Å². The number of carboxylic acids is 1. The van der Waals surface area contributed by atoms with E-state index in [1.807, 2.05) is 0 Å². The van der Waals surface area contributed by atoms with Gasteiger partial charge < -0.3 is 5.11 Å². The van der Waals surface area contributed by atoms with E-state index in [0.717, 1.165) is 6.26 Å². The van der Waals surface area contributed by atoms with Crippen LogP contribution < -0.4 is 0 Å². The zero-order chi connectivity index (χ0) is 10.9. The van der Waals surface area contributed by atoms with E-state index in [-0.39, 0.29) is 10.6 Å². The summed E-state index contributed by atoms with van der Waals surface area (Å²) in [6.07, 6.45) is 0.932. The van der Waals surface area contributed by atoms with Gasteiger partial charge in [-0.05, 0) is 19.1 Å². The van der Waals surface area contributed by atoms with Gasteiger partial charge in [-0.3, -0.25) is 0 Å². The highest BCUT2D eigenvalue weighted by molar-refractivity contribution is 7.90. The zero-order valence-electron chi connectivity index (χ0n) is 7.68. The van der Waals surface area contributed by atoms with E-state index in [4.69, 9.17) is 5.11 Å². The largest absolute Gasteiger partial charge is 0.478 e. The molecule has 1 aromatic rings. The van der Waals surface area contributed by atoms with Crippen LogP contribution in [0.1, 0.15) is 16.1 Å². The minimum Gasteiger partial charge on any atom is -0.478 e. The summed E-state index contributed by atoms with van der Waals surface area (Å²) < 4.78 is 22.4. The molecule has 0 saturated heterocycles. The number of rotatable bonds is 2. The van der Waals surface area contributed by atoms with Gasteiger partial charge in [-0.15, -0.1) is 0 Å². The first-order valence-corrected chi connectivity index (χ1v) is 5.62. The molecule has 0 aromatic carbocycles. The number of carbonyl (C=O) groups is 1. The van der Waals surface area contributed by atoms with E-state index in [2.05, 4.69) is 4.98 Å². The fraction of sp³-hybridized carbons (Fsp3) is 0.250. The fourth-order valence-electron chi connectivity index (χ4n) is 0.978. The number of carboxylic acid groups (broad SMARTS) is 1. The molecule has 0 aliphatic rings. The Kier molecular flexibility index (Phi) is 2.57. The van der Waals surface area contributed by atoms with Gasteiger partial charge in [-0.1, -0.05) is 0 Å². The summed E-state index contributed by atoms with van der Waals surface area (Å²) in [6.45, 7) is 1.60. The maximum Gasteiger partial charge on any atom is 0.338 e. The molecule has 5 nitrogen and oxygen atoms in total. The molecule has 0 fully saturated rings. The van der Waals surface area contributed by atoms with Crippen molar-refractivity contribution < 1.29 is 18.3 Å². The second-order valence-electron chi connectivity index (χ2n) is 2.88. The lowest BCUT2D eigenvalue weighted by molar-refractivity contribution is 0.0691. The molecule has 1 aromatic heterocycles. The van der Waals surface area contributed by atoms with E-state index in [9.17, 15) is 13.2 Å². The van der Waals surface area contributed by atoms with Crippen LogP contribution in [0.3, 0.4) is 0 Å². The van der Waals surface area contributed by atoms with Gasteiger partial charge in [-0.2, -0.15) is 0 Å². The predicted octanol–water partition coefficient (Wildman–Crippen LogP) is 0.492. The van der Waals surface area contributed by atoms with Crippen molar-refractivity contribution in [2.75, 3.05) is 6.26 Å². The number of aromatic nitrogens is 1. The first-order valence-electron chi connectivity index (χ1n) is 3.73. The topological polar surface area (TPSA) is 84.3 Å². The number of hydrogen-bond donors (Lipinski definition) is 1. The summed E-state index contributed by atoms with van der Waals surface area (Å²) >= 11 is 0. The normalized spacial score (nSPS) is 11.3. The van der Waals surface area contributed by atoms with Crippen molar-refractivity contribution >= 4 is 15.8 Å². The molecule has 0 aliphatic heterocycles. The highest BCUT2D eigenvalue weighted by atomic mass is 32.2. The average Bonchev–Trinajstić information content (AvgIpc) is 2.01. The highest BCUT2D eigenvalue weighted by Gasteiger charge is 2.19. The first-order chi connectivity index (χ1) is 6.32. The molecule has 0 radical (unpaired) electrons. The quantitative estimate of drug-likeness (QED) is 0.776. The third-order valence-corrected chi connectivity index (χ3v) is 2.59. The number of aromatic carboxylic acids is 1. The average molecular weight is 215 g/mol.